The van der Waals surface area contributed by atoms with Gasteiger partial charge in [0.1, 0.15) is 6.07 Å². The van der Waals surface area contributed by atoms with E-state index in [4.69, 9.17) is 10.00 Å². The molecule has 1 fully saturated rings. The molecular weight excluding hydrogens is 224 g/mol. The normalized spacial score (nSPS) is 20.2. The largest absolute Gasteiger partial charge is 0.376 e. The monoisotopic (exact) mass is 242 g/mol. The van der Waals surface area contributed by atoms with E-state index in [0.717, 1.165) is 18.6 Å². The van der Waals surface area contributed by atoms with Gasteiger partial charge in [-0.25, -0.2) is 0 Å². The highest BCUT2D eigenvalue weighted by molar-refractivity contribution is 5.45. The van der Waals surface area contributed by atoms with E-state index in [9.17, 15) is 0 Å². The summed E-state index contributed by atoms with van der Waals surface area (Å²) in [7, 11) is 0. The fraction of sp³-hybridized carbons (Fsp3) is 0.600. The lowest BCUT2D eigenvalue weighted by Crippen LogP contribution is -2.18. The molecule has 2 aliphatic rings. The topological polar surface area (TPSA) is 45.9 Å². The second-order valence-corrected chi connectivity index (χ2v) is 5.26. The number of pyridine rings is 1. The molecule has 1 aromatic heterocycles. The van der Waals surface area contributed by atoms with E-state index in [2.05, 4.69) is 11.1 Å². The van der Waals surface area contributed by atoms with Crippen molar-refractivity contribution >= 4 is 0 Å². The average Bonchev–Trinajstić information content (AvgIpc) is 2.47. The molecule has 3 nitrogen and oxygen atoms in total. The summed E-state index contributed by atoms with van der Waals surface area (Å²) in [6.07, 6.45) is 9.08. The maximum Gasteiger partial charge on any atom is 0.101 e. The Hall–Kier alpha value is -1.40. The second-order valence-electron chi connectivity index (χ2n) is 5.26. The van der Waals surface area contributed by atoms with Crippen LogP contribution in [0.5, 0.6) is 0 Å². The molecule has 3 rings (SSSR count). The number of rotatable bonds is 1. The molecule has 1 aliphatic carbocycles. The fourth-order valence-electron chi connectivity index (χ4n) is 3.23. The van der Waals surface area contributed by atoms with Crippen LogP contribution in [0.3, 0.4) is 0 Å². The van der Waals surface area contributed by atoms with E-state index in [1.165, 1.54) is 48.9 Å². The van der Waals surface area contributed by atoms with Gasteiger partial charge in [0.25, 0.3) is 0 Å². The van der Waals surface area contributed by atoms with Crippen LogP contribution < -0.4 is 0 Å². The van der Waals surface area contributed by atoms with Gasteiger partial charge >= 0.3 is 0 Å². The SMILES string of the molecule is N#Cc1cnc(C2CCCCC2)c2c1CCOC2. The Bertz CT molecular complexity index is 484. The Morgan fingerprint density at radius 1 is 1.22 bits per heavy atom. The first-order chi connectivity index (χ1) is 8.90. The van der Waals surface area contributed by atoms with Crippen molar-refractivity contribution in [1.29, 1.82) is 5.26 Å². The van der Waals surface area contributed by atoms with E-state index in [1.807, 2.05) is 0 Å². The molecule has 0 aromatic carbocycles. The van der Waals surface area contributed by atoms with Crippen molar-refractivity contribution in [2.75, 3.05) is 6.61 Å². The van der Waals surface area contributed by atoms with Crippen molar-refractivity contribution in [3.8, 4) is 6.07 Å². The van der Waals surface area contributed by atoms with Crippen molar-refractivity contribution in [3.63, 3.8) is 0 Å². The zero-order valence-electron chi connectivity index (χ0n) is 10.6. The number of nitriles is 1. The van der Waals surface area contributed by atoms with E-state index in [-0.39, 0.29) is 0 Å². The first kappa shape index (κ1) is 11.7. The minimum absolute atomic E-state index is 0.585. The molecular formula is C15H18N2O. The summed E-state index contributed by atoms with van der Waals surface area (Å²) in [6.45, 7) is 1.37. The van der Waals surface area contributed by atoms with E-state index >= 15 is 0 Å². The molecule has 0 unspecified atom stereocenters. The van der Waals surface area contributed by atoms with E-state index in [0.29, 0.717) is 12.5 Å². The molecule has 1 aliphatic heterocycles. The van der Waals surface area contributed by atoms with Gasteiger partial charge in [-0.15, -0.1) is 0 Å². The summed E-state index contributed by atoms with van der Waals surface area (Å²) in [5, 5.41) is 9.16. The number of nitrogens with zero attached hydrogens (tertiary/aromatic N) is 2. The minimum atomic E-state index is 0.585. The molecule has 0 radical (unpaired) electrons. The summed E-state index contributed by atoms with van der Waals surface area (Å²) in [4.78, 5) is 4.58. The smallest absolute Gasteiger partial charge is 0.101 e. The summed E-state index contributed by atoms with van der Waals surface area (Å²) in [5.74, 6) is 0.585. The standard InChI is InChI=1S/C15H18N2O/c16-8-12-9-17-15(11-4-2-1-3-5-11)14-10-18-7-6-13(12)14/h9,11H,1-7,10H2. The fourth-order valence-corrected chi connectivity index (χ4v) is 3.23. The molecule has 0 atom stereocenters. The van der Waals surface area contributed by atoms with Crippen LogP contribution in [0.15, 0.2) is 6.20 Å². The molecule has 0 N–H and O–H groups in total. The van der Waals surface area contributed by atoms with Crippen molar-refractivity contribution in [1.82, 2.24) is 4.98 Å². The molecule has 2 heterocycles. The Labute approximate surface area is 108 Å². The molecule has 0 bridgehead atoms. The minimum Gasteiger partial charge on any atom is -0.376 e. The summed E-state index contributed by atoms with van der Waals surface area (Å²) >= 11 is 0. The number of fused-ring (bicyclic) bond motifs is 1. The first-order valence-corrected chi connectivity index (χ1v) is 6.88. The van der Waals surface area contributed by atoms with Gasteiger partial charge < -0.3 is 4.74 Å². The Morgan fingerprint density at radius 2 is 2.06 bits per heavy atom. The van der Waals surface area contributed by atoms with Crippen LogP contribution in [0.25, 0.3) is 0 Å². The van der Waals surface area contributed by atoms with E-state index < -0.39 is 0 Å². The van der Waals surface area contributed by atoms with Crippen molar-refractivity contribution in [2.24, 2.45) is 0 Å². The van der Waals surface area contributed by atoms with Crippen LogP contribution >= 0.6 is 0 Å². The van der Waals surface area contributed by atoms with Crippen LogP contribution in [0.4, 0.5) is 0 Å². The van der Waals surface area contributed by atoms with Gasteiger partial charge in [-0.05, 0) is 24.8 Å². The molecule has 3 heteroatoms. The predicted octanol–water partition coefficient (Wildman–Crippen LogP) is 3.07. The molecule has 1 aromatic rings. The molecule has 0 saturated heterocycles. The summed E-state index contributed by atoms with van der Waals surface area (Å²) in [5.41, 5.74) is 4.36. The first-order valence-electron chi connectivity index (χ1n) is 6.88. The third kappa shape index (κ3) is 2.02. The molecule has 0 spiro atoms. The number of ether oxygens (including phenoxy) is 1. The highest BCUT2D eigenvalue weighted by atomic mass is 16.5. The number of aromatic nitrogens is 1. The zero-order chi connectivity index (χ0) is 12.4. The lowest BCUT2D eigenvalue weighted by Gasteiger charge is -2.27. The average molecular weight is 242 g/mol. The summed E-state index contributed by atoms with van der Waals surface area (Å²) < 4.78 is 5.58. The lowest BCUT2D eigenvalue weighted by atomic mass is 9.83. The third-order valence-corrected chi connectivity index (χ3v) is 4.19. The van der Waals surface area contributed by atoms with Gasteiger partial charge in [0, 0.05) is 23.4 Å². The maximum atomic E-state index is 9.16. The second kappa shape index (κ2) is 5.07. The van der Waals surface area contributed by atoms with Crippen LogP contribution in [-0.2, 0) is 17.8 Å². The highest BCUT2D eigenvalue weighted by Gasteiger charge is 2.24. The van der Waals surface area contributed by atoms with E-state index in [1.54, 1.807) is 6.20 Å². The van der Waals surface area contributed by atoms with Gasteiger partial charge in [0.2, 0.25) is 0 Å². The Kier molecular flexibility index (Phi) is 3.29. The number of hydrogen-bond acceptors (Lipinski definition) is 3. The van der Waals surface area contributed by atoms with Gasteiger partial charge in [-0.1, -0.05) is 19.3 Å². The van der Waals surface area contributed by atoms with Crippen LogP contribution in [-0.4, -0.2) is 11.6 Å². The Balaban J connectivity index is 2.02. The molecule has 94 valence electrons. The quantitative estimate of drug-likeness (QED) is 0.760. The predicted molar refractivity (Wildman–Crippen MR) is 68.1 cm³/mol. The van der Waals surface area contributed by atoms with Crippen LogP contribution in [0, 0.1) is 11.3 Å². The van der Waals surface area contributed by atoms with Gasteiger partial charge in [0.15, 0.2) is 0 Å². The molecule has 18 heavy (non-hydrogen) atoms. The zero-order valence-corrected chi connectivity index (χ0v) is 10.6. The molecule has 0 amide bonds. The Morgan fingerprint density at radius 3 is 2.83 bits per heavy atom. The van der Waals surface area contributed by atoms with Gasteiger partial charge in [-0.3, -0.25) is 4.98 Å². The van der Waals surface area contributed by atoms with Crippen LogP contribution in [0.2, 0.25) is 0 Å². The number of hydrogen-bond donors (Lipinski definition) is 0. The lowest BCUT2D eigenvalue weighted by molar-refractivity contribution is 0.109. The third-order valence-electron chi connectivity index (χ3n) is 4.19. The van der Waals surface area contributed by atoms with Crippen LogP contribution in [0.1, 0.15) is 60.4 Å². The van der Waals surface area contributed by atoms with Crippen molar-refractivity contribution in [2.45, 2.75) is 51.0 Å². The van der Waals surface area contributed by atoms with Gasteiger partial charge in [-0.2, -0.15) is 5.26 Å². The van der Waals surface area contributed by atoms with Gasteiger partial charge in [0.05, 0.1) is 18.8 Å². The highest BCUT2D eigenvalue weighted by Crippen LogP contribution is 2.36. The van der Waals surface area contributed by atoms with Crippen molar-refractivity contribution in [3.05, 3.63) is 28.6 Å². The molecule has 1 saturated carbocycles. The van der Waals surface area contributed by atoms with Crippen molar-refractivity contribution < 1.29 is 4.74 Å². The summed E-state index contributed by atoms with van der Waals surface area (Å²) in [6, 6.07) is 2.27. The maximum absolute atomic E-state index is 9.16.